The molecule has 2 aromatic carbocycles. The van der Waals surface area contributed by atoms with E-state index in [9.17, 15) is 0 Å². The molecule has 1 saturated heterocycles. The zero-order valence-corrected chi connectivity index (χ0v) is 17.0. The van der Waals surface area contributed by atoms with Crippen molar-refractivity contribution in [2.75, 3.05) is 31.1 Å². The van der Waals surface area contributed by atoms with Crippen molar-refractivity contribution < 1.29 is 0 Å². The highest BCUT2D eigenvalue weighted by molar-refractivity contribution is 5.85. The molecule has 4 rings (SSSR count). The predicted octanol–water partition coefficient (Wildman–Crippen LogP) is 5.51. The monoisotopic (exact) mass is 392 g/mol. The molecule has 0 unspecified atom stereocenters. The molecule has 0 aromatic heterocycles. The third-order valence-corrected chi connectivity index (χ3v) is 6.00. The summed E-state index contributed by atoms with van der Waals surface area (Å²) in [4.78, 5) is 5.33. The zero-order valence-electron chi connectivity index (χ0n) is 15.3. The van der Waals surface area contributed by atoms with E-state index in [4.69, 9.17) is 0 Å². The number of anilines is 1. The lowest BCUT2D eigenvalue weighted by Crippen LogP contribution is -2.56. The highest BCUT2D eigenvalue weighted by atomic mass is 35.5. The van der Waals surface area contributed by atoms with E-state index in [1.54, 1.807) is 0 Å². The van der Waals surface area contributed by atoms with Gasteiger partial charge in [0.05, 0.1) is 0 Å². The Hall–Kier alpha value is -1.22. The van der Waals surface area contributed by atoms with Crippen LogP contribution >= 0.6 is 24.8 Å². The van der Waals surface area contributed by atoms with Gasteiger partial charge >= 0.3 is 0 Å². The number of hydrogen-bond acceptors (Lipinski definition) is 2. The van der Waals surface area contributed by atoms with Crippen LogP contribution in [0.4, 0.5) is 5.69 Å². The number of halogens is 2. The van der Waals surface area contributed by atoms with Crippen LogP contribution in [0.25, 0.3) is 0 Å². The fourth-order valence-corrected chi connectivity index (χ4v) is 4.70. The molecule has 0 N–H and O–H groups in total. The zero-order chi connectivity index (χ0) is 16.2. The van der Waals surface area contributed by atoms with E-state index in [2.05, 4.69) is 70.5 Å². The molecule has 0 amide bonds. The first-order valence-electron chi connectivity index (χ1n) is 9.49. The summed E-state index contributed by atoms with van der Waals surface area (Å²) in [6.07, 6.45) is 6.78. The van der Waals surface area contributed by atoms with Crippen LogP contribution in [0.5, 0.6) is 0 Å². The highest BCUT2D eigenvalue weighted by Crippen LogP contribution is 2.42. The van der Waals surface area contributed by atoms with Crippen molar-refractivity contribution in [2.45, 2.75) is 37.6 Å². The normalized spacial score (nSPS) is 19.9. The van der Waals surface area contributed by atoms with Crippen molar-refractivity contribution in [3.63, 3.8) is 0 Å². The summed E-state index contributed by atoms with van der Waals surface area (Å²) in [5, 5.41) is 0. The van der Waals surface area contributed by atoms with Crippen molar-refractivity contribution in [3.8, 4) is 0 Å². The van der Waals surface area contributed by atoms with E-state index in [1.807, 2.05) is 0 Å². The van der Waals surface area contributed by atoms with Gasteiger partial charge in [-0.25, -0.2) is 0 Å². The van der Waals surface area contributed by atoms with Crippen molar-refractivity contribution in [1.29, 1.82) is 0 Å². The predicted molar refractivity (Wildman–Crippen MR) is 116 cm³/mol. The standard InChI is InChI=1S/C22H28N2.2ClH/c1-4-10-20(11-5-1)22(14-8-3-9-15-22)24-18-16-23(17-19-24)21-12-6-2-7-13-21;;/h1-2,4-7,10-13H,3,8-9,14-19H2;2*1H. The Morgan fingerprint density at radius 2 is 1.15 bits per heavy atom. The number of piperazine rings is 1. The number of benzene rings is 2. The van der Waals surface area contributed by atoms with Crippen molar-refractivity contribution in [1.82, 2.24) is 4.90 Å². The molecule has 1 heterocycles. The van der Waals surface area contributed by atoms with Crippen molar-refractivity contribution in [2.24, 2.45) is 0 Å². The number of nitrogens with zero attached hydrogens (tertiary/aromatic N) is 2. The van der Waals surface area contributed by atoms with Crippen LogP contribution in [0.3, 0.4) is 0 Å². The molecule has 2 aromatic rings. The summed E-state index contributed by atoms with van der Waals surface area (Å²) in [5.41, 5.74) is 3.19. The van der Waals surface area contributed by atoms with Gasteiger partial charge in [0.15, 0.2) is 0 Å². The summed E-state index contributed by atoms with van der Waals surface area (Å²) < 4.78 is 0. The smallest absolute Gasteiger partial charge is 0.0462 e. The van der Waals surface area contributed by atoms with Gasteiger partial charge in [0.25, 0.3) is 0 Å². The Bertz CT molecular complexity index is 634. The van der Waals surface area contributed by atoms with Gasteiger partial charge in [-0.3, -0.25) is 4.90 Å². The first kappa shape index (κ1) is 21.1. The van der Waals surface area contributed by atoms with Gasteiger partial charge in [-0.15, -0.1) is 24.8 Å². The van der Waals surface area contributed by atoms with Gasteiger partial charge in [0.2, 0.25) is 0 Å². The molecule has 1 aliphatic carbocycles. The fourth-order valence-electron chi connectivity index (χ4n) is 4.70. The molecular weight excluding hydrogens is 363 g/mol. The molecular formula is C22H30Cl2N2. The lowest BCUT2D eigenvalue weighted by atomic mass is 9.75. The SMILES string of the molecule is Cl.Cl.c1ccc(N2CCN(C3(c4ccccc4)CCCCC3)CC2)cc1. The average Bonchev–Trinajstić information content (AvgIpc) is 2.70. The van der Waals surface area contributed by atoms with Gasteiger partial charge in [-0.05, 0) is 30.5 Å². The van der Waals surface area contributed by atoms with Crippen LogP contribution in [0, 0.1) is 0 Å². The maximum atomic E-state index is 2.79. The molecule has 2 aliphatic rings. The quantitative estimate of drug-likeness (QED) is 0.678. The number of hydrogen-bond donors (Lipinski definition) is 0. The van der Waals surface area contributed by atoms with Gasteiger partial charge in [-0.1, -0.05) is 67.8 Å². The van der Waals surface area contributed by atoms with Crippen molar-refractivity contribution in [3.05, 3.63) is 66.2 Å². The Kier molecular flexibility index (Phi) is 7.82. The van der Waals surface area contributed by atoms with E-state index >= 15 is 0 Å². The van der Waals surface area contributed by atoms with Crippen LogP contribution in [0.1, 0.15) is 37.7 Å². The highest BCUT2D eigenvalue weighted by Gasteiger charge is 2.40. The second-order valence-corrected chi connectivity index (χ2v) is 7.27. The van der Waals surface area contributed by atoms with Crippen LogP contribution in [-0.2, 0) is 5.54 Å². The maximum Gasteiger partial charge on any atom is 0.0462 e. The fraction of sp³-hybridized carbons (Fsp3) is 0.455. The Morgan fingerprint density at radius 1 is 0.615 bits per heavy atom. The largest absolute Gasteiger partial charge is 0.369 e. The van der Waals surface area contributed by atoms with E-state index in [1.165, 1.54) is 56.4 Å². The third-order valence-electron chi connectivity index (χ3n) is 6.00. The average molecular weight is 393 g/mol. The maximum absolute atomic E-state index is 2.79. The van der Waals surface area contributed by atoms with E-state index in [0.29, 0.717) is 0 Å². The topological polar surface area (TPSA) is 6.48 Å². The third kappa shape index (κ3) is 4.19. The van der Waals surface area contributed by atoms with E-state index < -0.39 is 0 Å². The summed E-state index contributed by atoms with van der Waals surface area (Å²) in [7, 11) is 0. The minimum atomic E-state index is 0. The summed E-state index contributed by atoms with van der Waals surface area (Å²) in [6, 6.07) is 22.2. The molecule has 4 heteroatoms. The molecule has 0 atom stereocenters. The van der Waals surface area contributed by atoms with Crippen LogP contribution in [0.2, 0.25) is 0 Å². The Balaban J connectivity index is 0.00000121. The Labute approximate surface area is 170 Å². The van der Waals surface area contributed by atoms with E-state index in [-0.39, 0.29) is 30.4 Å². The first-order valence-corrected chi connectivity index (χ1v) is 9.49. The molecule has 2 fully saturated rings. The molecule has 1 saturated carbocycles. The van der Waals surface area contributed by atoms with Gasteiger partial charge in [0.1, 0.15) is 0 Å². The van der Waals surface area contributed by atoms with E-state index in [0.717, 1.165) is 13.1 Å². The Morgan fingerprint density at radius 3 is 1.73 bits per heavy atom. The van der Waals surface area contributed by atoms with Gasteiger partial charge in [-0.2, -0.15) is 0 Å². The molecule has 0 radical (unpaired) electrons. The van der Waals surface area contributed by atoms with Crippen LogP contribution < -0.4 is 4.90 Å². The van der Waals surface area contributed by atoms with Crippen molar-refractivity contribution >= 4 is 30.5 Å². The molecule has 2 nitrogen and oxygen atoms in total. The van der Waals surface area contributed by atoms with Gasteiger partial charge < -0.3 is 4.90 Å². The molecule has 1 aliphatic heterocycles. The summed E-state index contributed by atoms with van der Waals surface area (Å²) in [5.74, 6) is 0. The number of para-hydroxylation sites is 1. The second-order valence-electron chi connectivity index (χ2n) is 7.27. The lowest BCUT2D eigenvalue weighted by molar-refractivity contribution is 0.0416. The lowest BCUT2D eigenvalue weighted by Gasteiger charge is -2.50. The first-order chi connectivity index (χ1) is 11.9. The molecule has 0 bridgehead atoms. The summed E-state index contributed by atoms with van der Waals surface area (Å²) >= 11 is 0. The number of rotatable bonds is 3. The molecule has 26 heavy (non-hydrogen) atoms. The summed E-state index contributed by atoms with van der Waals surface area (Å²) in [6.45, 7) is 4.62. The van der Waals surface area contributed by atoms with Crippen LogP contribution in [0.15, 0.2) is 60.7 Å². The minimum Gasteiger partial charge on any atom is -0.369 e. The minimum absolute atomic E-state index is 0. The van der Waals surface area contributed by atoms with Crippen LogP contribution in [-0.4, -0.2) is 31.1 Å². The molecule has 0 spiro atoms. The second kappa shape index (κ2) is 9.64. The van der Waals surface area contributed by atoms with Gasteiger partial charge in [0, 0.05) is 37.4 Å². The molecule has 142 valence electrons.